The van der Waals surface area contributed by atoms with Crippen molar-refractivity contribution >= 4 is 42.8 Å². The number of rotatable bonds is 1. The van der Waals surface area contributed by atoms with Crippen molar-refractivity contribution in [2.24, 2.45) is 0 Å². The molecule has 0 N–H and O–H groups in total. The van der Waals surface area contributed by atoms with Crippen molar-refractivity contribution in [3.05, 3.63) is 124 Å². The average molecular weight is 527 g/mol. The fourth-order valence-electron chi connectivity index (χ4n) is 3.34. The van der Waals surface area contributed by atoms with Gasteiger partial charge in [-0.05, 0) is 5.56 Å². The van der Waals surface area contributed by atoms with Gasteiger partial charge in [0.05, 0.1) is 0 Å². The molecule has 0 spiro atoms. The Labute approximate surface area is 202 Å². The van der Waals surface area contributed by atoms with Crippen LogP contribution in [0.25, 0.3) is 32.7 Å². The van der Waals surface area contributed by atoms with Crippen LogP contribution < -0.4 is 0 Å². The molecular formula is C28H28Cl2Zr-4. The largest absolute Gasteiger partial charge is 0.358 e. The van der Waals surface area contributed by atoms with Crippen LogP contribution in [-0.2, 0) is 18.9 Å². The van der Waals surface area contributed by atoms with E-state index >= 15 is 0 Å². The molecule has 5 aromatic carbocycles. The summed E-state index contributed by atoms with van der Waals surface area (Å²) < 4.78 is 3.37. The van der Waals surface area contributed by atoms with Crippen molar-refractivity contribution in [2.75, 3.05) is 0 Å². The molecule has 162 valence electrons. The van der Waals surface area contributed by atoms with E-state index in [0.717, 1.165) is 0 Å². The van der Waals surface area contributed by atoms with Gasteiger partial charge >= 0.3 is 40.1 Å². The molecule has 0 nitrogen and oxygen atoms in total. The molecule has 0 aliphatic rings. The number of benzene rings is 3. The third kappa shape index (κ3) is 8.00. The van der Waals surface area contributed by atoms with E-state index in [4.69, 9.17) is 17.0 Å². The molecule has 0 unspecified atom stereocenters. The minimum absolute atomic E-state index is 0. The number of hydrogen-bond donors (Lipinski definition) is 0. The second-order valence-electron chi connectivity index (χ2n) is 6.70. The Morgan fingerprint density at radius 1 is 0.774 bits per heavy atom. The molecular weight excluding hydrogens is 498 g/mol. The second kappa shape index (κ2) is 13.6. The molecule has 0 atom stereocenters. The summed E-state index contributed by atoms with van der Waals surface area (Å²) in [6.45, 7) is 2.12. The van der Waals surface area contributed by atoms with E-state index in [-0.39, 0.29) is 14.9 Å². The van der Waals surface area contributed by atoms with E-state index in [2.05, 4.69) is 114 Å². The zero-order valence-corrected chi connectivity index (χ0v) is 22.2. The summed E-state index contributed by atoms with van der Waals surface area (Å²) >= 11 is -1.85. The van der Waals surface area contributed by atoms with Gasteiger partial charge in [-0.15, -0.1) is 69.6 Å². The van der Waals surface area contributed by atoms with Crippen LogP contribution in [0.3, 0.4) is 0 Å². The number of fused-ring (bicyclic) bond motifs is 2. The first-order valence-electron chi connectivity index (χ1n) is 9.36. The molecule has 0 bridgehead atoms. The van der Waals surface area contributed by atoms with E-state index in [9.17, 15) is 0 Å². The van der Waals surface area contributed by atoms with Gasteiger partial charge in [0.1, 0.15) is 0 Å². The molecule has 5 aromatic rings. The first-order chi connectivity index (χ1) is 14.0. The summed E-state index contributed by atoms with van der Waals surface area (Å²) in [5, 5.41) is 5.35. The normalized spacial score (nSPS) is 9.39. The van der Waals surface area contributed by atoms with E-state index in [1.807, 2.05) is 0 Å². The zero-order chi connectivity index (χ0) is 20.6. The molecule has 0 aromatic heterocycles. The van der Waals surface area contributed by atoms with Gasteiger partial charge in [-0.3, -0.25) is 0 Å². The van der Waals surface area contributed by atoms with Crippen molar-refractivity contribution in [3.63, 3.8) is 0 Å². The van der Waals surface area contributed by atoms with Crippen molar-refractivity contribution in [3.8, 4) is 11.1 Å². The molecule has 0 saturated carbocycles. The topological polar surface area (TPSA) is 0 Å². The first kappa shape index (κ1) is 27.2. The van der Waals surface area contributed by atoms with Crippen molar-refractivity contribution in [2.45, 2.75) is 6.92 Å². The van der Waals surface area contributed by atoms with Gasteiger partial charge in [0, 0.05) is 0 Å². The average Bonchev–Trinajstić information content (AvgIpc) is 3.33. The number of aryl methyl sites for hydroxylation is 1. The first-order valence-corrected chi connectivity index (χ1v) is 17.4. The summed E-state index contributed by atoms with van der Waals surface area (Å²) in [6, 6.07) is 36.2. The van der Waals surface area contributed by atoms with Crippen molar-refractivity contribution < 1.29 is 18.9 Å². The van der Waals surface area contributed by atoms with Crippen LogP contribution in [0.5, 0.6) is 0 Å². The molecule has 0 amide bonds. The Bertz CT molecular complexity index is 1160. The third-order valence-corrected chi connectivity index (χ3v) is 4.53. The molecule has 0 radical (unpaired) electrons. The van der Waals surface area contributed by atoms with E-state index in [0.29, 0.717) is 0 Å². The van der Waals surface area contributed by atoms with Gasteiger partial charge in [-0.25, -0.2) is 0 Å². The standard InChI is InChI=1S/C15H11.C10H9.2CH3.CH2.2ClH.Zr/c1-2-6-12(7-3-1)14-10-4-8-13-9-5-11-15(13)14;1-8-6-9-4-2-3-5-10(9)7-8;;;;;;/h1-11H;2-7H,1H3;2*1H3;1H2;2*1H;/q4*-1;;;;+2/p-2. The summed E-state index contributed by atoms with van der Waals surface area (Å²) in [5.74, 6) is 0. The Balaban J connectivity index is 0.000000263. The second-order valence-corrected chi connectivity index (χ2v) is 14.9. The number of hydrogen-bond acceptors (Lipinski definition) is 0. The maximum atomic E-state index is 5.13. The van der Waals surface area contributed by atoms with E-state index in [1.165, 1.54) is 38.2 Å². The Morgan fingerprint density at radius 2 is 1.39 bits per heavy atom. The SMILES string of the molecule is Cc1cc2ccccc2[cH-]1.[CH2]=[Zr]([Cl])[Cl].[CH3-].[CH3-].c1ccc(-c2cccc3[cH-]ccc23)cc1. The van der Waals surface area contributed by atoms with Gasteiger partial charge in [0.2, 0.25) is 0 Å². The quantitative estimate of drug-likeness (QED) is 0.191. The fraction of sp³-hybridized carbons (Fsp3) is 0.0357. The summed E-state index contributed by atoms with van der Waals surface area (Å²) in [7, 11) is 10.3. The van der Waals surface area contributed by atoms with Crippen LogP contribution in [-0.4, -0.2) is 4.21 Å². The summed E-state index contributed by atoms with van der Waals surface area (Å²) in [4.78, 5) is 0. The van der Waals surface area contributed by atoms with Crippen molar-refractivity contribution in [1.29, 1.82) is 0 Å². The van der Waals surface area contributed by atoms with Crippen molar-refractivity contribution in [1.82, 2.24) is 0 Å². The summed E-state index contributed by atoms with van der Waals surface area (Å²) in [6.07, 6.45) is 0. The molecule has 0 heterocycles. The molecule has 5 rings (SSSR count). The van der Waals surface area contributed by atoms with Gasteiger partial charge in [-0.1, -0.05) is 55.0 Å². The molecule has 0 aliphatic carbocycles. The third-order valence-electron chi connectivity index (χ3n) is 4.53. The zero-order valence-electron chi connectivity index (χ0n) is 18.3. The molecule has 3 heteroatoms. The molecule has 0 fully saturated rings. The molecule has 0 aliphatic heterocycles. The van der Waals surface area contributed by atoms with Gasteiger partial charge < -0.3 is 14.9 Å². The maximum Gasteiger partial charge on any atom is -0.0279 e. The van der Waals surface area contributed by atoms with Crippen LogP contribution in [0, 0.1) is 21.8 Å². The Morgan fingerprint density at radius 3 is 2.06 bits per heavy atom. The minimum Gasteiger partial charge on any atom is -0.358 e. The fourth-order valence-corrected chi connectivity index (χ4v) is 3.34. The molecule has 31 heavy (non-hydrogen) atoms. The maximum absolute atomic E-state index is 5.13. The molecule has 0 saturated heterocycles. The van der Waals surface area contributed by atoms with Crippen LogP contribution in [0.15, 0.2) is 103 Å². The van der Waals surface area contributed by atoms with Crippen LogP contribution >= 0.6 is 17.0 Å². The van der Waals surface area contributed by atoms with E-state index < -0.39 is 18.9 Å². The summed E-state index contributed by atoms with van der Waals surface area (Å²) in [5.41, 5.74) is 3.95. The Hall–Kier alpha value is -1.79. The minimum atomic E-state index is -1.85. The van der Waals surface area contributed by atoms with Crippen LogP contribution in [0.2, 0.25) is 0 Å². The van der Waals surface area contributed by atoms with Gasteiger partial charge in [0.25, 0.3) is 0 Å². The van der Waals surface area contributed by atoms with E-state index in [1.54, 1.807) is 0 Å². The predicted molar refractivity (Wildman–Crippen MR) is 141 cm³/mol. The van der Waals surface area contributed by atoms with Crippen LogP contribution in [0.1, 0.15) is 5.56 Å². The van der Waals surface area contributed by atoms with Gasteiger partial charge in [0.15, 0.2) is 0 Å². The van der Waals surface area contributed by atoms with Crippen LogP contribution in [0.4, 0.5) is 0 Å². The van der Waals surface area contributed by atoms with Gasteiger partial charge in [-0.2, -0.15) is 18.2 Å². The smallest absolute Gasteiger partial charge is 0.0279 e. The predicted octanol–water partition coefficient (Wildman–Crippen LogP) is 9.34. The Kier molecular flexibility index (Phi) is 11.9. The monoisotopic (exact) mass is 524 g/mol. The number of halogens is 2.